The molecule has 0 aliphatic heterocycles. The summed E-state index contributed by atoms with van der Waals surface area (Å²) in [6.07, 6.45) is 3.92. The summed E-state index contributed by atoms with van der Waals surface area (Å²) in [6, 6.07) is 13.1. The molecule has 1 aliphatic carbocycles. The predicted octanol–water partition coefficient (Wildman–Crippen LogP) is 4.54. The summed E-state index contributed by atoms with van der Waals surface area (Å²) in [5.41, 5.74) is 2.97. The zero-order valence-corrected chi connectivity index (χ0v) is 10.4. The van der Waals surface area contributed by atoms with Gasteiger partial charge in [-0.25, -0.2) is 0 Å². The Morgan fingerprint density at radius 1 is 1.19 bits per heavy atom. The first-order chi connectivity index (χ1) is 7.83. The van der Waals surface area contributed by atoms with Crippen LogP contribution >= 0.6 is 11.3 Å². The van der Waals surface area contributed by atoms with Crippen LogP contribution in [0.4, 0.5) is 0 Å². The van der Waals surface area contributed by atoms with Gasteiger partial charge in [0.25, 0.3) is 0 Å². The van der Waals surface area contributed by atoms with Gasteiger partial charge < -0.3 is 0 Å². The quantitative estimate of drug-likeness (QED) is 0.672. The van der Waals surface area contributed by atoms with Gasteiger partial charge in [-0.3, -0.25) is 0 Å². The lowest BCUT2D eigenvalue weighted by molar-refractivity contribution is 0.508. The predicted molar refractivity (Wildman–Crippen MR) is 70.9 cm³/mol. The van der Waals surface area contributed by atoms with Crippen molar-refractivity contribution in [3.63, 3.8) is 0 Å². The van der Waals surface area contributed by atoms with Gasteiger partial charge in [0.1, 0.15) is 0 Å². The Morgan fingerprint density at radius 2 is 2.00 bits per heavy atom. The highest BCUT2D eigenvalue weighted by atomic mass is 32.1. The summed E-state index contributed by atoms with van der Waals surface area (Å²) in [5.74, 6) is 0.870. The third-order valence-corrected chi connectivity index (χ3v) is 4.64. The van der Waals surface area contributed by atoms with Crippen LogP contribution in [0.1, 0.15) is 23.8 Å². The minimum Gasteiger partial charge on any atom is -0.140 e. The maximum absolute atomic E-state index is 2.40. The van der Waals surface area contributed by atoms with Crippen LogP contribution < -0.4 is 0 Å². The van der Waals surface area contributed by atoms with Crippen LogP contribution in [0.5, 0.6) is 0 Å². The van der Waals surface area contributed by atoms with E-state index in [-0.39, 0.29) is 0 Å². The lowest BCUT2D eigenvalue weighted by atomic mass is 9.90. The standard InChI is InChI=1S/C15H16S/c1-11-7-8-13-10-15(16-14(13)9-11)12-5-3-2-4-6-12/h2-6,10-11H,7-9H2,1H3. The normalized spacial score (nSPS) is 19.4. The second kappa shape index (κ2) is 4.06. The third-order valence-electron chi connectivity index (χ3n) is 3.40. The molecule has 0 spiro atoms. The number of thiophene rings is 1. The SMILES string of the molecule is CC1CCc2cc(-c3ccccc3)sc2C1. The number of rotatable bonds is 1. The highest BCUT2D eigenvalue weighted by Crippen LogP contribution is 2.37. The summed E-state index contributed by atoms with van der Waals surface area (Å²) in [5, 5.41) is 0. The maximum Gasteiger partial charge on any atom is 0.0348 e. The highest BCUT2D eigenvalue weighted by molar-refractivity contribution is 7.15. The molecule has 3 rings (SSSR count). The average molecular weight is 228 g/mol. The minimum absolute atomic E-state index is 0.870. The highest BCUT2D eigenvalue weighted by Gasteiger charge is 2.18. The smallest absolute Gasteiger partial charge is 0.0348 e. The molecule has 1 atom stereocenters. The van der Waals surface area contributed by atoms with E-state index in [1.54, 1.807) is 10.4 Å². The fraction of sp³-hybridized carbons (Fsp3) is 0.333. The topological polar surface area (TPSA) is 0 Å². The molecule has 1 aliphatic rings. The van der Waals surface area contributed by atoms with Gasteiger partial charge in [-0.1, -0.05) is 37.3 Å². The molecule has 0 saturated carbocycles. The first-order valence-corrected chi connectivity index (χ1v) is 6.81. The Bertz CT molecular complexity index is 481. The Morgan fingerprint density at radius 3 is 2.81 bits per heavy atom. The molecule has 2 aromatic rings. The van der Waals surface area contributed by atoms with Crippen molar-refractivity contribution in [1.82, 2.24) is 0 Å². The summed E-state index contributed by atoms with van der Waals surface area (Å²) < 4.78 is 0. The molecule has 0 fully saturated rings. The van der Waals surface area contributed by atoms with Crippen molar-refractivity contribution < 1.29 is 0 Å². The van der Waals surface area contributed by atoms with Crippen molar-refractivity contribution in [2.24, 2.45) is 5.92 Å². The monoisotopic (exact) mass is 228 g/mol. The van der Waals surface area contributed by atoms with E-state index < -0.39 is 0 Å². The summed E-state index contributed by atoms with van der Waals surface area (Å²) in [6.45, 7) is 2.37. The second-order valence-corrected chi connectivity index (χ2v) is 5.91. The lowest BCUT2D eigenvalue weighted by Gasteiger charge is -2.16. The van der Waals surface area contributed by atoms with Crippen LogP contribution in [0.2, 0.25) is 0 Å². The molecule has 1 unspecified atom stereocenters. The molecule has 0 N–H and O–H groups in total. The van der Waals surface area contributed by atoms with Gasteiger partial charge in [0.05, 0.1) is 0 Å². The summed E-state index contributed by atoms with van der Waals surface area (Å²) in [4.78, 5) is 3.07. The number of benzene rings is 1. The molecule has 16 heavy (non-hydrogen) atoms. The van der Waals surface area contributed by atoms with Gasteiger partial charge in [-0.2, -0.15) is 0 Å². The van der Waals surface area contributed by atoms with E-state index in [9.17, 15) is 0 Å². The lowest BCUT2D eigenvalue weighted by Crippen LogP contribution is -2.07. The number of hydrogen-bond donors (Lipinski definition) is 0. The van der Waals surface area contributed by atoms with Gasteiger partial charge in [-0.05, 0) is 42.4 Å². The van der Waals surface area contributed by atoms with E-state index >= 15 is 0 Å². The van der Waals surface area contributed by atoms with Gasteiger partial charge in [0.2, 0.25) is 0 Å². The first kappa shape index (κ1) is 10.1. The van der Waals surface area contributed by atoms with Crippen molar-refractivity contribution in [3.05, 3.63) is 46.8 Å². The number of fused-ring (bicyclic) bond motifs is 1. The molecule has 1 aromatic heterocycles. The molecule has 1 aromatic carbocycles. The van der Waals surface area contributed by atoms with E-state index in [2.05, 4.69) is 43.3 Å². The van der Waals surface area contributed by atoms with Crippen LogP contribution in [0.25, 0.3) is 10.4 Å². The molecular formula is C15H16S. The van der Waals surface area contributed by atoms with Gasteiger partial charge in [0, 0.05) is 9.75 Å². The summed E-state index contributed by atoms with van der Waals surface area (Å²) >= 11 is 1.99. The fourth-order valence-electron chi connectivity index (χ4n) is 2.42. The summed E-state index contributed by atoms with van der Waals surface area (Å²) in [7, 11) is 0. The number of aryl methyl sites for hydroxylation is 1. The Hall–Kier alpha value is -1.08. The van der Waals surface area contributed by atoms with E-state index in [0.29, 0.717) is 0 Å². The first-order valence-electron chi connectivity index (χ1n) is 6.00. The third kappa shape index (κ3) is 1.80. The van der Waals surface area contributed by atoms with Crippen LogP contribution in [-0.4, -0.2) is 0 Å². The van der Waals surface area contributed by atoms with Crippen LogP contribution in [0.15, 0.2) is 36.4 Å². The molecule has 0 nitrogen and oxygen atoms in total. The van der Waals surface area contributed by atoms with Crippen molar-refractivity contribution in [2.75, 3.05) is 0 Å². The largest absolute Gasteiger partial charge is 0.140 e. The minimum atomic E-state index is 0.870. The average Bonchev–Trinajstić information content (AvgIpc) is 2.73. The van der Waals surface area contributed by atoms with Crippen LogP contribution in [0.3, 0.4) is 0 Å². The van der Waals surface area contributed by atoms with Crippen molar-refractivity contribution in [2.45, 2.75) is 26.2 Å². The van der Waals surface area contributed by atoms with Crippen molar-refractivity contribution in [3.8, 4) is 10.4 Å². The van der Waals surface area contributed by atoms with E-state index in [0.717, 1.165) is 5.92 Å². The molecule has 0 saturated heterocycles. The van der Waals surface area contributed by atoms with E-state index in [4.69, 9.17) is 0 Å². The van der Waals surface area contributed by atoms with Crippen LogP contribution in [-0.2, 0) is 12.8 Å². The zero-order chi connectivity index (χ0) is 11.0. The molecule has 0 radical (unpaired) electrons. The maximum atomic E-state index is 2.40. The molecule has 0 amide bonds. The van der Waals surface area contributed by atoms with Crippen LogP contribution in [0, 0.1) is 5.92 Å². The number of hydrogen-bond acceptors (Lipinski definition) is 1. The zero-order valence-electron chi connectivity index (χ0n) is 9.57. The molecule has 1 heterocycles. The fourth-order valence-corrected chi connectivity index (χ4v) is 3.80. The van der Waals surface area contributed by atoms with Crippen molar-refractivity contribution >= 4 is 11.3 Å². The van der Waals surface area contributed by atoms with Gasteiger partial charge >= 0.3 is 0 Å². The van der Waals surface area contributed by atoms with E-state index in [1.165, 1.54) is 29.7 Å². The molecule has 0 bridgehead atoms. The Kier molecular flexibility index (Phi) is 2.56. The van der Waals surface area contributed by atoms with Crippen molar-refractivity contribution in [1.29, 1.82) is 0 Å². The Balaban J connectivity index is 1.99. The van der Waals surface area contributed by atoms with Gasteiger partial charge in [-0.15, -0.1) is 11.3 Å². The van der Waals surface area contributed by atoms with E-state index in [1.807, 2.05) is 11.3 Å². The van der Waals surface area contributed by atoms with Gasteiger partial charge in [0.15, 0.2) is 0 Å². The molecular weight excluding hydrogens is 212 g/mol. The second-order valence-electron chi connectivity index (χ2n) is 4.77. The Labute approximate surface area is 101 Å². The molecule has 82 valence electrons. The molecule has 1 heteroatoms.